The predicted molar refractivity (Wildman–Crippen MR) is 86.5 cm³/mol. The van der Waals surface area contributed by atoms with Crippen molar-refractivity contribution in [3.63, 3.8) is 0 Å². The summed E-state index contributed by atoms with van der Waals surface area (Å²) in [6.45, 7) is 9.34. The molecule has 120 valence electrons. The molecule has 21 heavy (non-hydrogen) atoms. The molecular weight excluding hydrogens is 262 g/mol. The third-order valence-corrected chi connectivity index (χ3v) is 4.69. The third kappa shape index (κ3) is 3.86. The molecule has 1 aliphatic carbocycles. The molecule has 0 spiro atoms. The largest absolute Gasteiger partial charge is 0.374 e. The molecule has 4 nitrogen and oxygen atoms in total. The van der Waals surface area contributed by atoms with E-state index >= 15 is 0 Å². The first kappa shape index (κ1) is 16.5. The molecule has 0 aliphatic heterocycles. The molecule has 1 aromatic rings. The van der Waals surface area contributed by atoms with Crippen LogP contribution in [0, 0.1) is 0 Å². The molecule has 0 aromatic carbocycles. The van der Waals surface area contributed by atoms with Crippen LogP contribution in [0.5, 0.6) is 0 Å². The van der Waals surface area contributed by atoms with E-state index in [1.54, 1.807) is 0 Å². The summed E-state index contributed by atoms with van der Waals surface area (Å²) >= 11 is 0. The van der Waals surface area contributed by atoms with Crippen LogP contribution in [0.4, 0.5) is 0 Å². The zero-order chi connectivity index (χ0) is 15.1. The summed E-state index contributed by atoms with van der Waals surface area (Å²) in [4.78, 5) is 4.56. The highest BCUT2D eigenvalue weighted by Gasteiger charge is 2.42. The summed E-state index contributed by atoms with van der Waals surface area (Å²) in [5.74, 6) is 1.18. The second-order valence-corrected chi connectivity index (χ2v) is 6.05. The van der Waals surface area contributed by atoms with Crippen molar-refractivity contribution in [2.75, 3.05) is 13.2 Å². The minimum Gasteiger partial charge on any atom is -0.374 e. The molecule has 0 radical (unpaired) electrons. The highest BCUT2D eigenvalue weighted by molar-refractivity contribution is 5.04. The van der Waals surface area contributed by atoms with Gasteiger partial charge < -0.3 is 14.6 Å². The zero-order valence-corrected chi connectivity index (χ0v) is 13.9. The summed E-state index contributed by atoms with van der Waals surface area (Å²) in [6, 6.07) is 0.368. The fourth-order valence-corrected chi connectivity index (χ4v) is 3.62. The van der Waals surface area contributed by atoms with Gasteiger partial charge in [-0.1, -0.05) is 19.8 Å². The standard InChI is InChI=1S/C17H31N3O/c1-4-11-18-15(14-16-19-12-13-20(16)5-2)17(21-6-3)9-7-8-10-17/h12-13,15,18H,4-11,14H2,1-3H3. The van der Waals surface area contributed by atoms with E-state index in [9.17, 15) is 0 Å². The topological polar surface area (TPSA) is 39.1 Å². The maximum atomic E-state index is 6.27. The van der Waals surface area contributed by atoms with E-state index < -0.39 is 0 Å². The van der Waals surface area contributed by atoms with Gasteiger partial charge in [0, 0.05) is 38.0 Å². The van der Waals surface area contributed by atoms with E-state index in [0.29, 0.717) is 6.04 Å². The number of aryl methyl sites for hydroxylation is 1. The van der Waals surface area contributed by atoms with Gasteiger partial charge in [-0.15, -0.1) is 0 Å². The number of imidazole rings is 1. The second kappa shape index (κ2) is 7.95. The molecule has 4 heteroatoms. The van der Waals surface area contributed by atoms with Gasteiger partial charge >= 0.3 is 0 Å². The fourth-order valence-electron chi connectivity index (χ4n) is 3.62. The first-order chi connectivity index (χ1) is 10.3. The van der Waals surface area contributed by atoms with Crippen LogP contribution in [0.2, 0.25) is 0 Å². The smallest absolute Gasteiger partial charge is 0.110 e. The van der Waals surface area contributed by atoms with Crippen molar-refractivity contribution in [1.29, 1.82) is 0 Å². The van der Waals surface area contributed by atoms with Crippen molar-refractivity contribution in [2.24, 2.45) is 0 Å². The lowest BCUT2D eigenvalue weighted by molar-refractivity contribution is -0.0617. The monoisotopic (exact) mass is 293 g/mol. The first-order valence-electron chi connectivity index (χ1n) is 8.63. The molecule has 2 rings (SSSR count). The number of ether oxygens (including phenoxy) is 1. The van der Waals surface area contributed by atoms with Gasteiger partial charge in [0.2, 0.25) is 0 Å². The van der Waals surface area contributed by atoms with E-state index in [4.69, 9.17) is 4.74 Å². The van der Waals surface area contributed by atoms with Gasteiger partial charge in [-0.3, -0.25) is 0 Å². The Hall–Kier alpha value is -0.870. The van der Waals surface area contributed by atoms with Crippen molar-refractivity contribution in [3.05, 3.63) is 18.2 Å². The molecule has 1 heterocycles. The Kier molecular flexibility index (Phi) is 6.24. The lowest BCUT2D eigenvalue weighted by Crippen LogP contribution is -2.52. The summed E-state index contributed by atoms with van der Waals surface area (Å²) < 4.78 is 8.52. The van der Waals surface area contributed by atoms with Gasteiger partial charge in [-0.25, -0.2) is 4.98 Å². The number of hydrogen-bond acceptors (Lipinski definition) is 3. The lowest BCUT2D eigenvalue weighted by Gasteiger charge is -2.38. The SMILES string of the molecule is CCCNC(Cc1nccn1CC)C1(OCC)CCCC1. The molecule has 0 bridgehead atoms. The summed E-state index contributed by atoms with van der Waals surface area (Å²) in [5, 5.41) is 3.75. The van der Waals surface area contributed by atoms with Gasteiger partial charge in [0.05, 0.1) is 5.60 Å². The molecule has 1 fully saturated rings. The summed E-state index contributed by atoms with van der Waals surface area (Å²) in [7, 11) is 0. The fraction of sp³-hybridized carbons (Fsp3) is 0.824. The molecule has 1 saturated carbocycles. The van der Waals surface area contributed by atoms with Crippen LogP contribution >= 0.6 is 0 Å². The Balaban J connectivity index is 2.16. The maximum absolute atomic E-state index is 6.27. The molecule has 1 unspecified atom stereocenters. The van der Waals surface area contributed by atoms with E-state index in [2.05, 4.69) is 41.8 Å². The van der Waals surface area contributed by atoms with Crippen LogP contribution in [0.15, 0.2) is 12.4 Å². The molecule has 0 amide bonds. The Morgan fingerprint density at radius 2 is 2.10 bits per heavy atom. The third-order valence-electron chi connectivity index (χ3n) is 4.69. The van der Waals surface area contributed by atoms with Crippen molar-refractivity contribution in [3.8, 4) is 0 Å². The average molecular weight is 293 g/mol. The zero-order valence-electron chi connectivity index (χ0n) is 13.9. The predicted octanol–water partition coefficient (Wildman–Crippen LogP) is 3.16. The van der Waals surface area contributed by atoms with Gasteiger partial charge in [0.15, 0.2) is 0 Å². The van der Waals surface area contributed by atoms with Gasteiger partial charge in [-0.05, 0) is 39.7 Å². The van der Waals surface area contributed by atoms with Gasteiger partial charge in [0.1, 0.15) is 5.82 Å². The number of aromatic nitrogens is 2. The molecule has 1 atom stereocenters. The summed E-state index contributed by atoms with van der Waals surface area (Å²) in [6.07, 6.45) is 11.0. The highest BCUT2D eigenvalue weighted by Crippen LogP contribution is 2.37. The van der Waals surface area contributed by atoms with Crippen molar-refractivity contribution >= 4 is 0 Å². The van der Waals surface area contributed by atoms with Crippen LogP contribution in [-0.4, -0.2) is 34.3 Å². The molecular formula is C17H31N3O. The van der Waals surface area contributed by atoms with Crippen LogP contribution < -0.4 is 5.32 Å². The minimum atomic E-state index is 0.00837. The van der Waals surface area contributed by atoms with Crippen molar-refractivity contribution in [2.45, 2.75) is 77.5 Å². The van der Waals surface area contributed by atoms with Crippen molar-refractivity contribution in [1.82, 2.24) is 14.9 Å². The second-order valence-electron chi connectivity index (χ2n) is 6.05. The Labute approximate surface area is 129 Å². The quantitative estimate of drug-likeness (QED) is 0.760. The number of nitrogens with one attached hydrogen (secondary N) is 1. The van der Waals surface area contributed by atoms with Crippen LogP contribution in [0.3, 0.4) is 0 Å². The molecule has 1 aromatic heterocycles. The number of nitrogens with zero attached hydrogens (tertiary/aromatic N) is 2. The minimum absolute atomic E-state index is 0.00837. The van der Waals surface area contributed by atoms with E-state index in [1.807, 2.05) is 6.20 Å². The van der Waals surface area contributed by atoms with E-state index in [1.165, 1.54) is 31.5 Å². The summed E-state index contributed by atoms with van der Waals surface area (Å²) in [5.41, 5.74) is 0.00837. The first-order valence-corrected chi connectivity index (χ1v) is 8.63. The van der Waals surface area contributed by atoms with Crippen LogP contribution in [0.1, 0.15) is 58.7 Å². The Morgan fingerprint density at radius 3 is 2.71 bits per heavy atom. The lowest BCUT2D eigenvalue weighted by atomic mass is 9.89. The average Bonchev–Trinajstić information content (AvgIpc) is 3.13. The Morgan fingerprint density at radius 1 is 1.33 bits per heavy atom. The molecule has 1 aliphatic rings. The van der Waals surface area contributed by atoms with E-state index in [-0.39, 0.29) is 5.60 Å². The number of hydrogen-bond donors (Lipinski definition) is 1. The van der Waals surface area contributed by atoms with Crippen molar-refractivity contribution < 1.29 is 4.74 Å². The van der Waals surface area contributed by atoms with E-state index in [0.717, 1.165) is 32.5 Å². The van der Waals surface area contributed by atoms with Gasteiger partial charge in [0.25, 0.3) is 0 Å². The Bertz CT molecular complexity index is 410. The highest BCUT2D eigenvalue weighted by atomic mass is 16.5. The van der Waals surface area contributed by atoms with Gasteiger partial charge in [-0.2, -0.15) is 0 Å². The molecule has 0 saturated heterocycles. The van der Waals surface area contributed by atoms with Crippen LogP contribution in [0.25, 0.3) is 0 Å². The van der Waals surface area contributed by atoms with Crippen LogP contribution in [-0.2, 0) is 17.7 Å². The normalized spacial score (nSPS) is 19.0. The molecule has 1 N–H and O–H groups in total. The number of rotatable bonds is 9. The maximum Gasteiger partial charge on any atom is 0.110 e.